The topological polar surface area (TPSA) is 95.9 Å². The van der Waals surface area contributed by atoms with E-state index in [4.69, 9.17) is 4.74 Å². The highest BCUT2D eigenvalue weighted by Crippen LogP contribution is 2.35. The van der Waals surface area contributed by atoms with Gasteiger partial charge >= 0.3 is 11.9 Å². The molecule has 166 valence electrons. The van der Waals surface area contributed by atoms with Crippen molar-refractivity contribution < 1.29 is 24.2 Å². The number of esters is 1. The van der Waals surface area contributed by atoms with Crippen LogP contribution in [0.4, 0.5) is 0 Å². The molecule has 4 atom stereocenters. The second-order valence-corrected chi connectivity index (χ2v) is 8.58. The van der Waals surface area contributed by atoms with Gasteiger partial charge in [-0.2, -0.15) is 0 Å². The Morgan fingerprint density at radius 3 is 2.70 bits per heavy atom. The van der Waals surface area contributed by atoms with Crippen LogP contribution < -0.4 is 5.32 Å². The second kappa shape index (κ2) is 11.6. The van der Waals surface area contributed by atoms with Gasteiger partial charge in [0.05, 0.1) is 18.0 Å². The quantitative estimate of drug-likeness (QED) is 0.580. The average Bonchev–Trinajstić information content (AvgIpc) is 3.08. The average molecular weight is 457 g/mol. The van der Waals surface area contributed by atoms with Crippen LogP contribution in [0.15, 0.2) is 30.3 Å². The Labute approximate surface area is 187 Å². The van der Waals surface area contributed by atoms with E-state index < -0.39 is 24.1 Å². The Hall–Kier alpha value is -1.77. The molecule has 1 aromatic rings. The zero-order valence-electron chi connectivity index (χ0n) is 17.0. The number of amides is 1. The van der Waals surface area contributed by atoms with Gasteiger partial charge < -0.3 is 14.7 Å². The molecule has 0 radical (unpaired) electrons. The number of carboxylic acid groups (broad SMARTS) is 1. The van der Waals surface area contributed by atoms with E-state index in [-0.39, 0.29) is 36.3 Å². The molecular weight excluding hydrogens is 428 g/mol. The van der Waals surface area contributed by atoms with Crippen molar-refractivity contribution in [3.63, 3.8) is 0 Å². The fourth-order valence-electron chi connectivity index (χ4n) is 3.94. The first-order valence-electron chi connectivity index (χ1n) is 10.1. The fraction of sp³-hybridized carbons (Fsp3) is 0.571. The monoisotopic (exact) mass is 456 g/mol. The van der Waals surface area contributed by atoms with E-state index in [0.29, 0.717) is 25.0 Å². The zero-order valence-corrected chi connectivity index (χ0v) is 18.6. The van der Waals surface area contributed by atoms with Gasteiger partial charge in [0.25, 0.3) is 0 Å². The number of ether oxygens (including phenoxy) is 1. The van der Waals surface area contributed by atoms with E-state index in [1.165, 1.54) is 16.7 Å². The summed E-state index contributed by atoms with van der Waals surface area (Å²) in [6.45, 7) is 2.03. The highest BCUT2D eigenvalue weighted by molar-refractivity contribution is 8.00. The number of hydrogen-bond donors (Lipinski definition) is 2. The maximum absolute atomic E-state index is 13.2. The van der Waals surface area contributed by atoms with Gasteiger partial charge in [0, 0.05) is 5.75 Å². The third-order valence-corrected chi connectivity index (χ3v) is 6.77. The molecular formula is C21H29ClN2O5S. The van der Waals surface area contributed by atoms with Crippen molar-refractivity contribution in [1.82, 2.24) is 10.2 Å². The van der Waals surface area contributed by atoms with Crippen LogP contribution in [-0.4, -0.2) is 63.7 Å². The number of benzene rings is 1. The lowest BCUT2D eigenvalue weighted by Crippen LogP contribution is -2.55. The Balaban J connectivity index is 0.00000320. The van der Waals surface area contributed by atoms with E-state index in [2.05, 4.69) is 5.32 Å². The van der Waals surface area contributed by atoms with Crippen LogP contribution in [0.3, 0.4) is 0 Å². The molecule has 2 saturated heterocycles. The summed E-state index contributed by atoms with van der Waals surface area (Å²) in [5.74, 6) is -1.16. The number of halogens is 1. The van der Waals surface area contributed by atoms with Crippen molar-refractivity contribution in [2.45, 2.75) is 62.5 Å². The SMILES string of the molecule is CCOC(=O)C(CCc1ccccc1)N[C@H]1CCC[C@H]2SC[C@@H](C(=O)O)N2C1=O.Cl. The molecule has 30 heavy (non-hydrogen) atoms. The first-order valence-corrected chi connectivity index (χ1v) is 11.2. The van der Waals surface area contributed by atoms with Gasteiger partial charge in [-0.15, -0.1) is 24.2 Å². The van der Waals surface area contributed by atoms with Crippen molar-refractivity contribution in [2.75, 3.05) is 12.4 Å². The molecule has 0 spiro atoms. The Morgan fingerprint density at radius 2 is 2.03 bits per heavy atom. The maximum atomic E-state index is 13.2. The zero-order chi connectivity index (χ0) is 20.8. The predicted molar refractivity (Wildman–Crippen MR) is 118 cm³/mol. The molecule has 2 fully saturated rings. The lowest BCUT2D eigenvalue weighted by Gasteiger charge is -2.30. The second-order valence-electron chi connectivity index (χ2n) is 7.37. The number of hydrogen-bond acceptors (Lipinski definition) is 6. The molecule has 2 heterocycles. The molecule has 0 aliphatic carbocycles. The number of carbonyl (C=O) groups excluding carboxylic acids is 2. The summed E-state index contributed by atoms with van der Waals surface area (Å²) in [7, 11) is 0. The van der Waals surface area contributed by atoms with E-state index in [1.54, 1.807) is 6.92 Å². The molecule has 2 N–H and O–H groups in total. The normalized spacial score (nSPS) is 24.4. The molecule has 1 unspecified atom stereocenters. The maximum Gasteiger partial charge on any atom is 0.327 e. The highest BCUT2D eigenvalue weighted by Gasteiger charge is 2.45. The van der Waals surface area contributed by atoms with Crippen LogP contribution in [-0.2, 0) is 25.5 Å². The Bertz CT molecular complexity index is 735. The number of rotatable bonds is 8. The summed E-state index contributed by atoms with van der Waals surface area (Å²) >= 11 is 1.53. The minimum Gasteiger partial charge on any atom is -0.480 e. The van der Waals surface area contributed by atoms with Crippen molar-refractivity contribution in [3.8, 4) is 0 Å². The third kappa shape index (κ3) is 5.89. The molecule has 0 saturated carbocycles. The van der Waals surface area contributed by atoms with Gasteiger partial charge in [-0.25, -0.2) is 4.79 Å². The van der Waals surface area contributed by atoms with E-state index in [0.717, 1.165) is 18.4 Å². The first-order chi connectivity index (χ1) is 14.0. The number of fused-ring (bicyclic) bond motifs is 1. The predicted octanol–water partition coefficient (Wildman–Crippen LogP) is 2.47. The molecule has 2 aliphatic rings. The standard InChI is InChI=1S/C21H28N2O5S.ClH/c1-2-28-21(27)16(12-11-14-7-4-3-5-8-14)22-15-9-6-10-18-23(19(15)24)17(13-29-18)20(25)26;/h3-5,7-8,15-18,22H,2,6,9-13H2,1H3,(H,25,26);1H/t15-,16?,17-,18+;/m0./s1. The number of carbonyl (C=O) groups is 3. The Kier molecular flexibility index (Phi) is 9.45. The molecule has 3 rings (SSSR count). The molecule has 2 aliphatic heterocycles. The smallest absolute Gasteiger partial charge is 0.327 e. The van der Waals surface area contributed by atoms with Gasteiger partial charge in [-0.3, -0.25) is 14.9 Å². The number of nitrogens with one attached hydrogen (secondary N) is 1. The van der Waals surface area contributed by atoms with Crippen molar-refractivity contribution >= 4 is 42.0 Å². The van der Waals surface area contributed by atoms with Crippen LogP contribution in [0.1, 0.15) is 38.2 Å². The van der Waals surface area contributed by atoms with Gasteiger partial charge in [0.1, 0.15) is 12.1 Å². The lowest BCUT2D eigenvalue weighted by atomic mass is 10.0. The summed E-state index contributed by atoms with van der Waals surface area (Å²) in [6.07, 6.45) is 3.34. The number of thioether (sulfide) groups is 1. The van der Waals surface area contributed by atoms with Crippen molar-refractivity contribution in [3.05, 3.63) is 35.9 Å². The first kappa shape index (κ1) is 24.5. The third-order valence-electron chi connectivity index (χ3n) is 5.41. The molecule has 1 amide bonds. The van der Waals surface area contributed by atoms with Crippen LogP contribution in [0, 0.1) is 0 Å². The number of aryl methyl sites for hydroxylation is 1. The minimum atomic E-state index is -0.972. The van der Waals surface area contributed by atoms with Crippen LogP contribution in [0.25, 0.3) is 0 Å². The number of nitrogens with zero attached hydrogens (tertiary/aromatic N) is 1. The number of carboxylic acids is 1. The molecule has 0 aromatic heterocycles. The van der Waals surface area contributed by atoms with E-state index in [9.17, 15) is 19.5 Å². The summed E-state index contributed by atoms with van der Waals surface area (Å²) in [5, 5.41) is 12.6. The van der Waals surface area contributed by atoms with Crippen LogP contribution in [0.5, 0.6) is 0 Å². The largest absolute Gasteiger partial charge is 0.480 e. The lowest BCUT2D eigenvalue weighted by molar-refractivity contribution is -0.151. The van der Waals surface area contributed by atoms with Gasteiger partial charge in [-0.05, 0) is 44.6 Å². The summed E-state index contributed by atoms with van der Waals surface area (Å²) in [4.78, 5) is 38.8. The Morgan fingerprint density at radius 1 is 1.30 bits per heavy atom. The van der Waals surface area contributed by atoms with Gasteiger partial charge in [0.2, 0.25) is 5.91 Å². The van der Waals surface area contributed by atoms with E-state index >= 15 is 0 Å². The highest BCUT2D eigenvalue weighted by atomic mass is 35.5. The fourth-order valence-corrected chi connectivity index (χ4v) is 5.39. The summed E-state index contributed by atoms with van der Waals surface area (Å²) in [5.41, 5.74) is 1.11. The summed E-state index contributed by atoms with van der Waals surface area (Å²) in [6, 6.07) is 7.86. The van der Waals surface area contributed by atoms with Gasteiger partial charge in [-0.1, -0.05) is 30.3 Å². The molecule has 9 heteroatoms. The van der Waals surface area contributed by atoms with Crippen LogP contribution in [0.2, 0.25) is 0 Å². The van der Waals surface area contributed by atoms with Crippen molar-refractivity contribution in [1.29, 1.82) is 0 Å². The molecule has 1 aromatic carbocycles. The molecule has 0 bridgehead atoms. The minimum absolute atomic E-state index is 0. The molecule has 7 nitrogen and oxygen atoms in total. The van der Waals surface area contributed by atoms with Gasteiger partial charge in [0.15, 0.2) is 0 Å². The van der Waals surface area contributed by atoms with Crippen molar-refractivity contribution in [2.24, 2.45) is 0 Å². The summed E-state index contributed by atoms with van der Waals surface area (Å²) < 4.78 is 5.22. The van der Waals surface area contributed by atoms with Crippen LogP contribution >= 0.6 is 24.2 Å². The number of aliphatic carboxylic acids is 1. The van der Waals surface area contributed by atoms with E-state index in [1.807, 2.05) is 30.3 Å².